The molecule has 1 fully saturated rings. The van der Waals surface area contributed by atoms with Crippen LogP contribution in [0.15, 0.2) is 0 Å². The van der Waals surface area contributed by atoms with E-state index in [9.17, 15) is 0 Å². The summed E-state index contributed by atoms with van der Waals surface area (Å²) in [6.07, 6.45) is 0.334. The van der Waals surface area contributed by atoms with Crippen LogP contribution >= 0.6 is 0 Å². The van der Waals surface area contributed by atoms with E-state index >= 15 is 0 Å². The van der Waals surface area contributed by atoms with Crippen LogP contribution in [-0.4, -0.2) is 62.6 Å². The van der Waals surface area contributed by atoms with E-state index in [4.69, 9.17) is 0 Å². The first-order valence-corrected chi connectivity index (χ1v) is 15.5. The monoisotopic (exact) mass is 317 g/mol. The predicted molar refractivity (Wildman–Crippen MR) is 95.9 cm³/mol. The van der Waals surface area contributed by atoms with Gasteiger partial charge in [-0.05, 0) is 0 Å². The van der Waals surface area contributed by atoms with Gasteiger partial charge in [-0.2, -0.15) is 0 Å². The molecule has 6 heteroatoms. The van der Waals surface area contributed by atoms with E-state index in [1.807, 2.05) is 0 Å². The van der Waals surface area contributed by atoms with E-state index in [0.29, 0.717) is 6.29 Å². The van der Waals surface area contributed by atoms with E-state index in [1.165, 1.54) is 0 Å². The normalized spacial score (nSPS) is 24.6. The first-order valence-electron chi connectivity index (χ1n) is 8.05. The SMILES string of the molecule is CN1CCN(C(C)(C)C)C1NN([Si](C)(C)C)[SiH-](C)(C)C. The fraction of sp³-hybridized carbons (Fsp3) is 1.00. The Bertz CT molecular complexity index is 314. The maximum absolute atomic E-state index is 3.92. The van der Waals surface area contributed by atoms with Gasteiger partial charge in [-0.3, -0.25) is 0 Å². The van der Waals surface area contributed by atoms with Crippen LogP contribution in [0.2, 0.25) is 39.3 Å². The quantitative estimate of drug-likeness (QED) is 0.635. The molecule has 1 unspecified atom stereocenters. The van der Waals surface area contributed by atoms with E-state index in [0.717, 1.165) is 13.1 Å². The molecule has 1 aliphatic heterocycles. The third kappa shape index (κ3) is 4.38. The van der Waals surface area contributed by atoms with E-state index in [1.54, 1.807) is 0 Å². The average Bonchev–Trinajstić information content (AvgIpc) is 2.51. The first-order chi connectivity index (χ1) is 8.74. The standard InChI is InChI=1S/C14H37N4Si2/c1-14(2,3)17-12-11-16(4)13(17)15-18(19(5,6)7)20(8,9)10/h13,15,19H,11-12H2,1-10H3/q-1. The molecular weight excluding hydrogens is 280 g/mol. The zero-order chi connectivity index (χ0) is 15.9. The van der Waals surface area contributed by atoms with Crippen LogP contribution in [0.5, 0.6) is 0 Å². The Balaban J connectivity index is 2.97. The van der Waals surface area contributed by atoms with Gasteiger partial charge in [0, 0.05) is 0 Å². The summed E-state index contributed by atoms with van der Waals surface area (Å²) in [7, 11) is -0.810. The van der Waals surface area contributed by atoms with Crippen LogP contribution in [0.25, 0.3) is 0 Å². The molecule has 1 aliphatic rings. The summed E-state index contributed by atoms with van der Waals surface area (Å²) in [5.41, 5.74) is 4.13. The van der Waals surface area contributed by atoms with Crippen LogP contribution in [0.3, 0.4) is 0 Å². The van der Waals surface area contributed by atoms with Crippen LogP contribution in [-0.2, 0) is 0 Å². The van der Waals surface area contributed by atoms with Gasteiger partial charge < -0.3 is 0 Å². The molecule has 0 spiro atoms. The zero-order valence-corrected chi connectivity index (χ0v) is 17.6. The van der Waals surface area contributed by atoms with Gasteiger partial charge in [0.15, 0.2) is 0 Å². The van der Waals surface area contributed by atoms with E-state index in [-0.39, 0.29) is 5.54 Å². The summed E-state index contributed by atoms with van der Waals surface area (Å²) in [6, 6.07) is 0. The van der Waals surface area contributed by atoms with Crippen LogP contribution in [0, 0.1) is 0 Å². The third-order valence-electron chi connectivity index (χ3n) is 4.02. The zero-order valence-electron chi connectivity index (χ0n) is 15.4. The van der Waals surface area contributed by atoms with Crippen molar-refractivity contribution in [2.75, 3.05) is 20.1 Å². The molecular formula is C14H37N4Si2-. The van der Waals surface area contributed by atoms with Crippen molar-refractivity contribution >= 4 is 16.5 Å². The van der Waals surface area contributed by atoms with Crippen molar-refractivity contribution < 1.29 is 0 Å². The summed E-state index contributed by atoms with van der Waals surface area (Å²) >= 11 is 0. The minimum absolute atomic E-state index is 0.204. The summed E-state index contributed by atoms with van der Waals surface area (Å²) in [5, 5.41) is 0. The second kappa shape index (κ2) is 5.81. The van der Waals surface area contributed by atoms with Crippen molar-refractivity contribution in [3.05, 3.63) is 0 Å². The summed E-state index contributed by atoms with van der Waals surface area (Å²) in [5.74, 6) is 0. The first kappa shape index (κ1) is 18.3. The number of nitrogens with zero attached hydrogens (tertiary/aromatic N) is 3. The minimum atomic E-state index is -1.68. The van der Waals surface area contributed by atoms with Gasteiger partial charge in [-0.25, -0.2) is 0 Å². The molecule has 1 N–H and O–H groups in total. The number of nitrogens with one attached hydrogen (secondary N) is 1. The molecule has 1 heterocycles. The van der Waals surface area contributed by atoms with Crippen molar-refractivity contribution in [3.8, 4) is 0 Å². The molecule has 0 aromatic carbocycles. The van der Waals surface area contributed by atoms with Crippen LogP contribution < -0.4 is 5.43 Å². The maximum atomic E-state index is 3.92. The second-order valence-corrected chi connectivity index (χ2v) is 20.3. The topological polar surface area (TPSA) is 21.8 Å². The van der Waals surface area contributed by atoms with Crippen molar-refractivity contribution in [1.82, 2.24) is 19.6 Å². The molecule has 0 aromatic rings. The van der Waals surface area contributed by atoms with E-state index < -0.39 is 16.5 Å². The summed E-state index contributed by atoms with van der Waals surface area (Å²) < 4.78 is 2.70. The molecule has 0 radical (unpaired) electrons. The number of likely N-dealkylation sites (N-methyl/N-ethyl adjacent to an activating group) is 1. The van der Waals surface area contributed by atoms with Gasteiger partial charge in [0.1, 0.15) is 0 Å². The summed E-state index contributed by atoms with van der Waals surface area (Å²) in [6.45, 7) is 24.0. The van der Waals surface area contributed by atoms with Gasteiger partial charge >= 0.3 is 128 Å². The number of hydrogen-bond donors (Lipinski definition) is 1. The molecule has 1 saturated heterocycles. The van der Waals surface area contributed by atoms with Gasteiger partial charge in [-0.1, -0.05) is 0 Å². The fourth-order valence-electron chi connectivity index (χ4n) is 3.32. The van der Waals surface area contributed by atoms with E-state index in [2.05, 4.69) is 86.7 Å². The third-order valence-corrected chi connectivity index (χ3v) is 11.9. The predicted octanol–water partition coefficient (Wildman–Crippen LogP) is 2.52. The number of rotatable bonds is 4. The molecule has 4 nitrogen and oxygen atoms in total. The molecule has 0 aromatic heterocycles. The van der Waals surface area contributed by atoms with Gasteiger partial charge in [0.25, 0.3) is 0 Å². The Morgan fingerprint density at radius 1 is 1.10 bits per heavy atom. The van der Waals surface area contributed by atoms with Crippen molar-refractivity contribution in [1.29, 1.82) is 0 Å². The molecule has 1 rings (SSSR count). The van der Waals surface area contributed by atoms with Crippen molar-refractivity contribution in [3.63, 3.8) is 0 Å². The molecule has 0 aliphatic carbocycles. The second-order valence-electron chi connectivity index (χ2n) is 9.40. The Morgan fingerprint density at radius 3 is 1.95 bits per heavy atom. The number of hydrogen-bond acceptors (Lipinski definition) is 4. The summed E-state index contributed by atoms with van der Waals surface area (Å²) in [4.78, 5) is 5.04. The van der Waals surface area contributed by atoms with Gasteiger partial charge in [-0.15, -0.1) is 0 Å². The van der Waals surface area contributed by atoms with Crippen LogP contribution in [0.1, 0.15) is 20.8 Å². The van der Waals surface area contributed by atoms with Crippen LogP contribution in [0.4, 0.5) is 0 Å². The molecule has 122 valence electrons. The molecule has 1 atom stereocenters. The van der Waals surface area contributed by atoms with Gasteiger partial charge in [0.2, 0.25) is 0 Å². The number of hydrazine groups is 1. The van der Waals surface area contributed by atoms with Crippen molar-refractivity contribution in [2.24, 2.45) is 0 Å². The van der Waals surface area contributed by atoms with Crippen molar-refractivity contribution in [2.45, 2.75) is 71.9 Å². The Hall–Kier alpha value is 0.274. The average molecular weight is 318 g/mol. The van der Waals surface area contributed by atoms with Gasteiger partial charge in [0.05, 0.1) is 0 Å². The Morgan fingerprint density at radius 2 is 1.60 bits per heavy atom. The Labute approximate surface area is 128 Å². The molecule has 0 amide bonds. The Kier molecular flexibility index (Phi) is 5.33. The molecule has 20 heavy (non-hydrogen) atoms. The fourth-order valence-corrected chi connectivity index (χ4v) is 13.7. The molecule has 0 bridgehead atoms. The molecule has 0 saturated carbocycles.